The van der Waals surface area contributed by atoms with Gasteiger partial charge in [-0.25, -0.2) is 0 Å². The van der Waals surface area contributed by atoms with Crippen molar-refractivity contribution < 1.29 is 23.9 Å². The van der Waals surface area contributed by atoms with E-state index in [2.05, 4.69) is 4.90 Å². The number of hydrogen-bond acceptors (Lipinski definition) is 6. The van der Waals surface area contributed by atoms with E-state index in [-0.39, 0.29) is 11.9 Å². The molecule has 0 aliphatic carbocycles. The summed E-state index contributed by atoms with van der Waals surface area (Å²) in [6.07, 6.45) is 0.374. The van der Waals surface area contributed by atoms with E-state index >= 15 is 0 Å². The second kappa shape index (κ2) is 9.17. The van der Waals surface area contributed by atoms with Gasteiger partial charge in [0, 0.05) is 45.2 Å². The molecule has 0 N–H and O–H groups in total. The van der Waals surface area contributed by atoms with Crippen molar-refractivity contribution in [2.24, 2.45) is 0 Å². The monoisotopic (exact) mass is 348 g/mol. The van der Waals surface area contributed by atoms with E-state index in [4.69, 9.17) is 9.47 Å². The number of carbonyl (C=O) groups excluding carboxylic acids is 3. The van der Waals surface area contributed by atoms with Crippen molar-refractivity contribution in [2.75, 3.05) is 39.3 Å². The highest BCUT2D eigenvalue weighted by molar-refractivity contribution is 5.94. The third kappa shape index (κ3) is 5.86. The Morgan fingerprint density at radius 2 is 1.68 bits per heavy atom. The summed E-state index contributed by atoms with van der Waals surface area (Å²) in [6, 6.07) is 6.55. The minimum atomic E-state index is -0.391. The predicted octanol–water partition coefficient (Wildman–Crippen LogP) is 1.32. The van der Waals surface area contributed by atoms with E-state index in [1.807, 2.05) is 0 Å². The smallest absolute Gasteiger partial charge is 0.308 e. The van der Waals surface area contributed by atoms with Crippen molar-refractivity contribution in [2.45, 2.75) is 20.3 Å². The third-order valence-electron chi connectivity index (χ3n) is 3.96. The summed E-state index contributed by atoms with van der Waals surface area (Å²) in [5.74, 6) is -0.195. The Morgan fingerprint density at radius 3 is 2.24 bits per heavy atom. The van der Waals surface area contributed by atoms with Crippen LogP contribution >= 0.6 is 0 Å². The average molecular weight is 348 g/mol. The van der Waals surface area contributed by atoms with Crippen LogP contribution in [-0.4, -0.2) is 67.0 Å². The Bertz CT molecular complexity index is 606. The Balaban J connectivity index is 1.80. The zero-order valence-electron chi connectivity index (χ0n) is 14.7. The standard InChI is InChI=1S/C18H24N2O5/c1-3-24-17(22)8-9-19-10-12-20(13-11-19)18(23)15-4-6-16(7-5-15)25-14(2)21/h4-7H,3,8-13H2,1-2H3. The van der Waals surface area contributed by atoms with E-state index < -0.39 is 5.97 Å². The SMILES string of the molecule is CCOC(=O)CCN1CCN(C(=O)c2ccc(OC(C)=O)cc2)CC1. The first kappa shape index (κ1) is 18.9. The summed E-state index contributed by atoms with van der Waals surface area (Å²) in [5, 5.41) is 0. The van der Waals surface area contributed by atoms with Gasteiger partial charge < -0.3 is 14.4 Å². The van der Waals surface area contributed by atoms with Crippen LogP contribution in [0.4, 0.5) is 0 Å². The summed E-state index contributed by atoms with van der Waals surface area (Å²) in [5.41, 5.74) is 0.566. The van der Waals surface area contributed by atoms with Gasteiger partial charge in [0.1, 0.15) is 5.75 Å². The van der Waals surface area contributed by atoms with Gasteiger partial charge in [-0.3, -0.25) is 19.3 Å². The fourth-order valence-corrected chi connectivity index (χ4v) is 2.67. The van der Waals surface area contributed by atoms with Gasteiger partial charge in [-0.15, -0.1) is 0 Å². The highest BCUT2D eigenvalue weighted by Gasteiger charge is 2.22. The first-order valence-electron chi connectivity index (χ1n) is 8.45. The van der Waals surface area contributed by atoms with Crippen LogP contribution in [0.15, 0.2) is 24.3 Å². The molecule has 1 aromatic carbocycles. The Kier molecular flexibility index (Phi) is 6.94. The summed E-state index contributed by atoms with van der Waals surface area (Å²) in [6.45, 7) is 6.88. The van der Waals surface area contributed by atoms with E-state index in [9.17, 15) is 14.4 Å². The molecule has 0 atom stereocenters. The molecule has 1 saturated heterocycles. The van der Waals surface area contributed by atoms with E-state index in [1.54, 1.807) is 36.1 Å². The molecule has 25 heavy (non-hydrogen) atoms. The van der Waals surface area contributed by atoms with Crippen LogP contribution in [0, 0.1) is 0 Å². The fraction of sp³-hybridized carbons (Fsp3) is 0.500. The number of rotatable bonds is 6. The van der Waals surface area contributed by atoms with Gasteiger partial charge in [0.05, 0.1) is 13.0 Å². The number of ether oxygens (including phenoxy) is 2. The lowest BCUT2D eigenvalue weighted by atomic mass is 10.1. The Morgan fingerprint density at radius 1 is 1.04 bits per heavy atom. The largest absolute Gasteiger partial charge is 0.466 e. The number of carbonyl (C=O) groups is 3. The minimum Gasteiger partial charge on any atom is -0.466 e. The predicted molar refractivity (Wildman–Crippen MR) is 91.3 cm³/mol. The molecule has 1 heterocycles. The molecule has 0 spiro atoms. The molecule has 1 aromatic rings. The van der Waals surface area contributed by atoms with E-state index in [1.165, 1.54) is 6.92 Å². The fourth-order valence-electron chi connectivity index (χ4n) is 2.67. The number of benzene rings is 1. The van der Waals surface area contributed by atoms with Crippen molar-refractivity contribution >= 4 is 17.8 Å². The Labute approximate surface area is 147 Å². The lowest BCUT2D eigenvalue weighted by Gasteiger charge is -2.34. The topological polar surface area (TPSA) is 76.2 Å². The molecule has 7 heteroatoms. The normalized spacial score (nSPS) is 14.9. The van der Waals surface area contributed by atoms with Crippen LogP contribution in [-0.2, 0) is 14.3 Å². The van der Waals surface area contributed by atoms with Crippen LogP contribution < -0.4 is 4.74 Å². The zero-order chi connectivity index (χ0) is 18.2. The van der Waals surface area contributed by atoms with E-state index in [0.29, 0.717) is 44.0 Å². The first-order chi connectivity index (χ1) is 12.0. The molecule has 1 amide bonds. The number of nitrogens with zero attached hydrogens (tertiary/aromatic N) is 2. The van der Waals surface area contributed by atoms with Gasteiger partial charge in [-0.2, -0.15) is 0 Å². The average Bonchev–Trinajstić information content (AvgIpc) is 2.60. The quantitative estimate of drug-likeness (QED) is 0.570. The molecule has 136 valence electrons. The molecule has 1 fully saturated rings. The summed E-state index contributed by atoms with van der Waals surface area (Å²) in [4.78, 5) is 38.8. The van der Waals surface area contributed by atoms with Gasteiger partial charge in [0.2, 0.25) is 0 Å². The van der Waals surface area contributed by atoms with Gasteiger partial charge in [-0.1, -0.05) is 0 Å². The molecule has 0 aromatic heterocycles. The molecule has 1 aliphatic heterocycles. The van der Waals surface area contributed by atoms with Crippen LogP contribution in [0.1, 0.15) is 30.6 Å². The number of piperazine rings is 1. The maximum atomic E-state index is 12.5. The molecule has 0 bridgehead atoms. The van der Waals surface area contributed by atoms with Crippen LogP contribution in [0.2, 0.25) is 0 Å². The summed E-state index contributed by atoms with van der Waals surface area (Å²) in [7, 11) is 0. The van der Waals surface area contributed by atoms with Crippen molar-refractivity contribution in [3.63, 3.8) is 0 Å². The maximum Gasteiger partial charge on any atom is 0.308 e. The van der Waals surface area contributed by atoms with Crippen molar-refractivity contribution in [3.8, 4) is 5.75 Å². The molecular weight excluding hydrogens is 324 g/mol. The molecule has 1 aliphatic rings. The van der Waals surface area contributed by atoms with Crippen LogP contribution in [0.25, 0.3) is 0 Å². The lowest BCUT2D eigenvalue weighted by molar-refractivity contribution is -0.143. The highest BCUT2D eigenvalue weighted by atomic mass is 16.5. The van der Waals surface area contributed by atoms with Crippen LogP contribution in [0.3, 0.4) is 0 Å². The lowest BCUT2D eigenvalue weighted by Crippen LogP contribution is -2.49. The van der Waals surface area contributed by atoms with Crippen LogP contribution in [0.5, 0.6) is 5.75 Å². The van der Waals surface area contributed by atoms with Gasteiger partial charge in [0.15, 0.2) is 0 Å². The molecule has 0 saturated carbocycles. The zero-order valence-corrected chi connectivity index (χ0v) is 14.7. The molecule has 0 unspecified atom stereocenters. The maximum absolute atomic E-state index is 12.5. The summed E-state index contributed by atoms with van der Waals surface area (Å²) < 4.78 is 9.89. The second-order valence-electron chi connectivity index (χ2n) is 5.81. The van der Waals surface area contributed by atoms with Crippen molar-refractivity contribution in [1.29, 1.82) is 0 Å². The van der Waals surface area contributed by atoms with Crippen molar-refractivity contribution in [3.05, 3.63) is 29.8 Å². The number of amides is 1. The molecule has 7 nitrogen and oxygen atoms in total. The second-order valence-corrected chi connectivity index (χ2v) is 5.81. The molecule has 0 radical (unpaired) electrons. The first-order valence-corrected chi connectivity index (χ1v) is 8.45. The molecular formula is C18H24N2O5. The van der Waals surface area contributed by atoms with Crippen molar-refractivity contribution in [1.82, 2.24) is 9.80 Å². The Hall–Kier alpha value is -2.41. The van der Waals surface area contributed by atoms with E-state index in [0.717, 1.165) is 13.1 Å². The van der Waals surface area contributed by atoms with Gasteiger partial charge in [0.25, 0.3) is 5.91 Å². The highest BCUT2D eigenvalue weighted by Crippen LogP contribution is 2.15. The third-order valence-corrected chi connectivity index (χ3v) is 3.96. The number of esters is 2. The summed E-state index contributed by atoms with van der Waals surface area (Å²) >= 11 is 0. The van der Waals surface area contributed by atoms with Gasteiger partial charge in [-0.05, 0) is 31.2 Å². The minimum absolute atomic E-state index is 0.0422. The van der Waals surface area contributed by atoms with Gasteiger partial charge >= 0.3 is 11.9 Å². The number of hydrogen-bond donors (Lipinski definition) is 0. The molecule has 2 rings (SSSR count).